The molecule has 2 saturated carbocycles. The second-order valence-corrected chi connectivity index (χ2v) is 12.0. The van der Waals surface area contributed by atoms with Crippen LogP contribution in [-0.4, -0.2) is 46.2 Å². The normalized spacial score (nSPS) is 31.1. The average Bonchev–Trinajstić information content (AvgIpc) is 3.71. The van der Waals surface area contributed by atoms with Gasteiger partial charge in [0.15, 0.2) is 0 Å². The third kappa shape index (κ3) is 4.02. The molecule has 182 valence electrons. The number of carbonyl (C=O) groups is 2. The standard InChI is InChI=1S/C29H37NO4/c1-20-18-28(25(32)34-26(2,3)4,11-10-22(20)21-8-6-5-7-9-21)23-19-27(23)14-16-30(17-15-27)24(31)29(33)12-13-29/h5-11,18,22-23,33H,12-17,19H2,1-4H3. The Labute approximate surface area is 202 Å². The number of likely N-dealkylation sites (tertiary alicyclic amines) is 1. The van der Waals surface area contributed by atoms with E-state index >= 15 is 0 Å². The molecule has 0 aromatic heterocycles. The first-order valence-electron chi connectivity index (χ1n) is 12.7. The van der Waals surface area contributed by atoms with Crippen LogP contribution in [0.4, 0.5) is 0 Å². The van der Waals surface area contributed by atoms with Crippen LogP contribution in [0.25, 0.3) is 0 Å². The zero-order valence-corrected chi connectivity index (χ0v) is 20.8. The molecule has 1 heterocycles. The van der Waals surface area contributed by atoms with Gasteiger partial charge in [0, 0.05) is 19.0 Å². The Morgan fingerprint density at radius 1 is 1.06 bits per heavy atom. The van der Waals surface area contributed by atoms with Crippen molar-refractivity contribution in [3.63, 3.8) is 0 Å². The van der Waals surface area contributed by atoms with Gasteiger partial charge >= 0.3 is 5.97 Å². The van der Waals surface area contributed by atoms with E-state index in [1.54, 1.807) is 0 Å². The molecule has 5 nitrogen and oxygen atoms in total. The number of rotatable bonds is 4. The smallest absolute Gasteiger partial charge is 0.320 e. The van der Waals surface area contributed by atoms with Crippen LogP contribution in [-0.2, 0) is 14.3 Å². The molecule has 1 aromatic carbocycles. The van der Waals surface area contributed by atoms with E-state index in [9.17, 15) is 14.7 Å². The number of benzene rings is 1. The van der Waals surface area contributed by atoms with Crippen molar-refractivity contribution in [1.29, 1.82) is 0 Å². The van der Waals surface area contributed by atoms with Crippen molar-refractivity contribution in [2.45, 2.75) is 76.9 Å². The van der Waals surface area contributed by atoms with Crippen LogP contribution in [0.2, 0.25) is 0 Å². The van der Waals surface area contributed by atoms with Gasteiger partial charge in [-0.1, -0.05) is 54.1 Å². The molecule has 1 aliphatic heterocycles. The van der Waals surface area contributed by atoms with Gasteiger partial charge in [-0.05, 0) is 76.7 Å². The van der Waals surface area contributed by atoms with Crippen LogP contribution < -0.4 is 0 Å². The molecule has 3 aliphatic carbocycles. The van der Waals surface area contributed by atoms with Gasteiger partial charge in [0.25, 0.3) is 5.91 Å². The molecule has 1 N–H and O–H groups in total. The number of hydrogen-bond acceptors (Lipinski definition) is 4. The molecule has 3 unspecified atom stereocenters. The Balaban J connectivity index is 1.39. The maximum absolute atomic E-state index is 13.7. The number of piperidine rings is 1. The van der Waals surface area contributed by atoms with Gasteiger partial charge in [-0.2, -0.15) is 0 Å². The quantitative estimate of drug-likeness (QED) is 0.516. The number of nitrogens with zero attached hydrogens (tertiary/aromatic N) is 1. The number of amides is 1. The van der Waals surface area contributed by atoms with Crippen LogP contribution in [0.15, 0.2) is 54.1 Å². The molecule has 0 bridgehead atoms. The van der Waals surface area contributed by atoms with Crippen molar-refractivity contribution >= 4 is 11.9 Å². The Morgan fingerprint density at radius 2 is 1.71 bits per heavy atom. The first-order chi connectivity index (χ1) is 16.0. The Hall–Kier alpha value is -2.40. The van der Waals surface area contributed by atoms with Crippen molar-refractivity contribution in [3.8, 4) is 0 Å². The summed E-state index contributed by atoms with van der Waals surface area (Å²) in [6.07, 6.45) is 10.3. The van der Waals surface area contributed by atoms with E-state index < -0.39 is 16.6 Å². The SMILES string of the molecule is CC1=CC(C(=O)OC(C)(C)C)(C2CC23CCN(C(=O)C2(O)CC2)CC3)C=CC1c1ccccc1. The van der Waals surface area contributed by atoms with Gasteiger partial charge in [0.1, 0.15) is 16.6 Å². The van der Waals surface area contributed by atoms with Crippen LogP contribution in [0.5, 0.6) is 0 Å². The molecule has 0 radical (unpaired) electrons. The molecule has 1 aromatic rings. The van der Waals surface area contributed by atoms with E-state index in [4.69, 9.17) is 4.74 Å². The molecular formula is C29H37NO4. The molecule has 4 aliphatic rings. The molecule has 3 fully saturated rings. The van der Waals surface area contributed by atoms with E-state index in [0.29, 0.717) is 25.9 Å². The van der Waals surface area contributed by atoms with E-state index in [0.717, 1.165) is 19.3 Å². The molecule has 1 spiro atoms. The number of allylic oxidation sites excluding steroid dienone is 2. The minimum atomic E-state index is -1.11. The largest absolute Gasteiger partial charge is 0.459 e. The summed E-state index contributed by atoms with van der Waals surface area (Å²) in [5.41, 5.74) is -0.00735. The zero-order valence-electron chi connectivity index (χ0n) is 20.8. The topological polar surface area (TPSA) is 66.8 Å². The first kappa shape index (κ1) is 23.3. The molecule has 5 rings (SSSR count). The number of carbonyl (C=O) groups excluding carboxylic acids is 2. The summed E-state index contributed by atoms with van der Waals surface area (Å²) in [7, 11) is 0. The summed E-state index contributed by atoms with van der Waals surface area (Å²) < 4.78 is 5.99. The predicted molar refractivity (Wildman–Crippen MR) is 131 cm³/mol. The van der Waals surface area contributed by atoms with E-state index in [1.807, 2.05) is 31.7 Å². The van der Waals surface area contributed by atoms with Gasteiger partial charge in [-0.15, -0.1) is 0 Å². The summed E-state index contributed by atoms with van der Waals surface area (Å²) in [6, 6.07) is 10.4. The maximum Gasteiger partial charge on any atom is 0.320 e. The Bertz CT molecular complexity index is 1040. The van der Waals surface area contributed by atoms with Crippen LogP contribution in [0, 0.1) is 16.7 Å². The van der Waals surface area contributed by atoms with Crippen molar-refractivity contribution < 1.29 is 19.4 Å². The highest BCUT2D eigenvalue weighted by Gasteiger charge is 2.66. The van der Waals surface area contributed by atoms with E-state index in [-0.39, 0.29) is 29.1 Å². The Kier molecular flexibility index (Phi) is 5.36. The van der Waals surface area contributed by atoms with Crippen LogP contribution in [0.1, 0.15) is 71.3 Å². The summed E-state index contributed by atoms with van der Waals surface area (Å²) >= 11 is 0. The summed E-state index contributed by atoms with van der Waals surface area (Å²) in [4.78, 5) is 28.2. The fourth-order valence-corrected chi connectivity index (χ4v) is 6.17. The fraction of sp³-hybridized carbons (Fsp3) is 0.586. The molecule has 3 atom stereocenters. The number of esters is 1. The molecular weight excluding hydrogens is 426 g/mol. The first-order valence-corrected chi connectivity index (χ1v) is 12.7. The summed E-state index contributed by atoms with van der Waals surface area (Å²) in [5.74, 6) is 0.0412. The number of ether oxygens (including phenoxy) is 1. The lowest BCUT2D eigenvalue weighted by Crippen LogP contribution is -2.47. The highest BCUT2D eigenvalue weighted by molar-refractivity contribution is 5.88. The monoisotopic (exact) mass is 463 g/mol. The lowest BCUT2D eigenvalue weighted by atomic mass is 9.70. The second-order valence-electron chi connectivity index (χ2n) is 12.0. The zero-order chi connectivity index (χ0) is 24.4. The predicted octanol–water partition coefficient (Wildman–Crippen LogP) is 4.77. The van der Waals surface area contributed by atoms with Crippen molar-refractivity contribution in [3.05, 3.63) is 59.7 Å². The third-order valence-electron chi connectivity index (χ3n) is 8.37. The van der Waals surface area contributed by atoms with Gasteiger partial charge < -0.3 is 14.7 Å². The summed E-state index contributed by atoms with van der Waals surface area (Å²) in [5, 5.41) is 10.3. The van der Waals surface area contributed by atoms with Crippen molar-refractivity contribution in [2.75, 3.05) is 13.1 Å². The van der Waals surface area contributed by atoms with Crippen LogP contribution >= 0.6 is 0 Å². The Morgan fingerprint density at radius 3 is 2.26 bits per heavy atom. The van der Waals surface area contributed by atoms with Crippen molar-refractivity contribution in [1.82, 2.24) is 4.90 Å². The van der Waals surface area contributed by atoms with Crippen LogP contribution in [0.3, 0.4) is 0 Å². The van der Waals surface area contributed by atoms with Gasteiger partial charge in [-0.25, -0.2) is 0 Å². The molecule has 1 amide bonds. The number of aliphatic hydroxyl groups is 1. The summed E-state index contributed by atoms with van der Waals surface area (Å²) in [6.45, 7) is 9.19. The minimum absolute atomic E-state index is 0.0422. The second kappa shape index (κ2) is 7.81. The third-order valence-corrected chi connectivity index (χ3v) is 8.37. The van der Waals surface area contributed by atoms with Gasteiger partial charge in [0.05, 0.1) is 0 Å². The highest BCUT2D eigenvalue weighted by atomic mass is 16.6. The van der Waals surface area contributed by atoms with Crippen molar-refractivity contribution in [2.24, 2.45) is 16.7 Å². The highest BCUT2D eigenvalue weighted by Crippen LogP contribution is 2.68. The molecule has 5 heteroatoms. The maximum atomic E-state index is 13.7. The average molecular weight is 464 g/mol. The van der Waals surface area contributed by atoms with E-state index in [1.165, 1.54) is 11.1 Å². The molecule has 1 saturated heterocycles. The minimum Gasteiger partial charge on any atom is -0.459 e. The lowest BCUT2D eigenvalue weighted by molar-refractivity contribution is -0.164. The lowest BCUT2D eigenvalue weighted by Gasteiger charge is -2.39. The van der Waals surface area contributed by atoms with E-state index in [2.05, 4.69) is 49.4 Å². The molecule has 34 heavy (non-hydrogen) atoms. The number of hydrogen-bond donors (Lipinski definition) is 1. The fourth-order valence-electron chi connectivity index (χ4n) is 6.17. The van der Waals surface area contributed by atoms with Gasteiger partial charge in [0.2, 0.25) is 0 Å². The van der Waals surface area contributed by atoms with Gasteiger partial charge in [-0.3, -0.25) is 9.59 Å².